The summed E-state index contributed by atoms with van der Waals surface area (Å²) in [5.74, 6) is -0.831. The zero-order valence-corrected chi connectivity index (χ0v) is 14.3. The predicted octanol–water partition coefficient (Wildman–Crippen LogP) is 3.57. The van der Waals surface area contributed by atoms with Gasteiger partial charge >= 0.3 is 6.18 Å². The maximum atomic E-state index is 12.6. The van der Waals surface area contributed by atoms with E-state index in [0.717, 1.165) is 30.8 Å². The molecule has 0 N–H and O–H groups in total. The van der Waals surface area contributed by atoms with Gasteiger partial charge in [-0.15, -0.1) is 0 Å². The van der Waals surface area contributed by atoms with E-state index < -0.39 is 12.0 Å². The van der Waals surface area contributed by atoms with Gasteiger partial charge in [-0.2, -0.15) is 13.2 Å². The number of likely N-dealkylation sites (tertiary alicyclic amines) is 1. The Balaban J connectivity index is 1.73. The maximum Gasteiger partial charge on any atom is 0.451 e. The molecule has 2 aromatic rings. The van der Waals surface area contributed by atoms with Crippen LogP contribution in [0.15, 0.2) is 43.4 Å². The molecule has 0 aromatic carbocycles. The molecule has 0 spiro atoms. The smallest absolute Gasteiger partial charge is 0.435 e. The predicted molar refractivity (Wildman–Crippen MR) is 90.1 cm³/mol. The van der Waals surface area contributed by atoms with Gasteiger partial charge in [-0.3, -0.25) is 4.79 Å². The lowest BCUT2D eigenvalue weighted by molar-refractivity contribution is -0.145. The van der Waals surface area contributed by atoms with Crippen LogP contribution in [0.4, 0.5) is 13.2 Å². The summed E-state index contributed by atoms with van der Waals surface area (Å²) in [6.45, 7) is 4.67. The van der Waals surface area contributed by atoms with Gasteiger partial charge in [-0.05, 0) is 30.9 Å². The van der Waals surface area contributed by atoms with Gasteiger partial charge in [0.25, 0.3) is 0 Å². The molecule has 27 heavy (non-hydrogen) atoms. The van der Waals surface area contributed by atoms with Crippen LogP contribution in [-0.4, -0.2) is 38.8 Å². The minimum atomic E-state index is -4.61. The Hall–Kier alpha value is -2.97. The summed E-state index contributed by atoms with van der Waals surface area (Å²) in [7, 11) is 0. The molecule has 1 saturated heterocycles. The largest absolute Gasteiger partial charge is 0.451 e. The Kier molecular flexibility index (Phi) is 5.38. The third-order valence-electron chi connectivity index (χ3n) is 4.32. The topological polar surface area (TPSA) is 68.2 Å². The molecular formula is C18H17F3N4O2. The van der Waals surface area contributed by atoms with Gasteiger partial charge in [0.2, 0.25) is 17.6 Å². The Bertz CT molecular complexity index is 816. The van der Waals surface area contributed by atoms with Crippen molar-refractivity contribution >= 4 is 5.91 Å². The third-order valence-corrected chi connectivity index (χ3v) is 4.32. The van der Waals surface area contributed by atoms with Crippen molar-refractivity contribution in [3.63, 3.8) is 0 Å². The first-order valence-electron chi connectivity index (χ1n) is 8.32. The van der Waals surface area contributed by atoms with Crippen molar-refractivity contribution < 1.29 is 22.7 Å². The number of piperidine rings is 1. The molecule has 0 aliphatic carbocycles. The van der Waals surface area contributed by atoms with Crippen molar-refractivity contribution in [2.45, 2.75) is 24.9 Å². The van der Waals surface area contributed by atoms with Gasteiger partial charge in [0.05, 0.1) is 12.4 Å². The lowest BCUT2D eigenvalue weighted by Crippen LogP contribution is -2.36. The number of ether oxygens (including phenoxy) is 1. The zero-order chi connectivity index (χ0) is 19.4. The molecule has 3 heterocycles. The van der Waals surface area contributed by atoms with Crippen LogP contribution in [0, 0.1) is 0 Å². The fourth-order valence-corrected chi connectivity index (χ4v) is 2.97. The third kappa shape index (κ3) is 4.42. The van der Waals surface area contributed by atoms with Crippen molar-refractivity contribution in [3.8, 4) is 11.6 Å². The molecule has 2 aromatic heterocycles. The Morgan fingerprint density at radius 1 is 1.22 bits per heavy atom. The number of pyridine rings is 1. The van der Waals surface area contributed by atoms with Crippen LogP contribution in [0.3, 0.4) is 0 Å². The molecule has 0 radical (unpaired) electrons. The molecule has 6 nitrogen and oxygen atoms in total. The van der Waals surface area contributed by atoms with Crippen molar-refractivity contribution in [2.75, 3.05) is 13.1 Å². The quantitative estimate of drug-likeness (QED) is 0.761. The van der Waals surface area contributed by atoms with Crippen molar-refractivity contribution in [3.05, 3.63) is 54.8 Å². The SMILES string of the molecule is C=CC(=O)N1CCC(c2cccnc2Oc2cnc(C(F)(F)F)nc2)CC1. The van der Waals surface area contributed by atoms with Crippen molar-refractivity contribution in [2.24, 2.45) is 0 Å². The Labute approximate surface area is 153 Å². The van der Waals surface area contributed by atoms with Gasteiger partial charge in [0, 0.05) is 24.8 Å². The molecule has 0 unspecified atom stereocenters. The minimum Gasteiger partial charge on any atom is -0.435 e. The molecule has 1 aliphatic rings. The van der Waals surface area contributed by atoms with Gasteiger partial charge in [0.1, 0.15) is 0 Å². The minimum absolute atomic E-state index is 0.0715. The molecule has 0 bridgehead atoms. The lowest BCUT2D eigenvalue weighted by Gasteiger charge is -2.31. The summed E-state index contributed by atoms with van der Waals surface area (Å²) < 4.78 is 43.3. The second kappa shape index (κ2) is 7.73. The number of carbonyl (C=O) groups is 1. The number of hydrogen-bond acceptors (Lipinski definition) is 5. The number of alkyl halides is 3. The van der Waals surface area contributed by atoms with Crippen LogP contribution in [0.5, 0.6) is 11.6 Å². The van der Waals surface area contributed by atoms with Crippen LogP contribution in [0.2, 0.25) is 0 Å². The highest BCUT2D eigenvalue weighted by Gasteiger charge is 2.34. The van der Waals surface area contributed by atoms with Gasteiger partial charge in [-0.1, -0.05) is 12.6 Å². The highest BCUT2D eigenvalue weighted by Crippen LogP contribution is 2.35. The van der Waals surface area contributed by atoms with Crippen LogP contribution < -0.4 is 4.74 Å². The summed E-state index contributed by atoms with van der Waals surface area (Å²) in [6, 6.07) is 3.63. The van der Waals surface area contributed by atoms with E-state index in [1.807, 2.05) is 6.07 Å². The number of rotatable bonds is 4. The zero-order valence-electron chi connectivity index (χ0n) is 14.3. The number of nitrogens with zero attached hydrogens (tertiary/aromatic N) is 4. The molecule has 9 heteroatoms. The van der Waals surface area contributed by atoms with Gasteiger partial charge in [0.15, 0.2) is 5.75 Å². The fraction of sp³-hybridized carbons (Fsp3) is 0.333. The summed E-state index contributed by atoms with van der Waals surface area (Å²) in [5.41, 5.74) is 0.836. The molecule has 3 rings (SSSR count). The summed E-state index contributed by atoms with van der Waals surface area (Å²) >= 11 is 0. The Morgan fingerprint density at radius 2 is 1.89 bits per heavy atom. The summed E-state index contributed by atoms with van der Waals surface area (Å²) in [5, 5.41) is 0. The number of halogens is 3. The van der Waals surface area contributed by atoms with E-state index in [4.69, 9.17) is 4.74 Å². The molecule has 1 amide bonds. The average molecular weight is 378 g/mol. The Morgan fingerprint density at radius 3 is 2.48 bits per heavy atom. The number of hydrogen-bond donors (Lipinski definition) is 0. The van der Waals surface area contributed by atoms with Crippen LogP contribution in [-0.2, 0) is 11.0 Å². The molecule has 0 atom stereocenters. The number of aromatic nitrogens is 3. The van der Waals surface area contributed by atoms with E-state index in [-0.39, 0.29) is 17.6 Å². The first-order valence-corrected chi connectivity index (χ1v) is 8.32. The average Bonchev–Trinajstić information content (AvgIpc) is 2.68. The first kappa shape index (κ1) is 18.8. The number of carbonyl (C=O) groups excluding carboxylic acids is 1. The second-order valence-electron chi connectivity index (χ2n) is 6.04. The highest BCUT2D eigenvalue weighted by atomic mass is 19.4. The number of amides is 1. The van der Waals surface area contributed by atoms with E-state index in [0.29, 0.717) is 19.0 Å². The monoisotopic (exact) mass is 378 g/mol. The first-order chi connectivity index (χ1) is 12.9. The van der Waals surface area contributed by atoms with E-state index in [1.54, 1.807) is 17.2 Å². The van der Waals surface area contributed by atoms with Crippen LogP contribution in [0.1, 0.15) is 30.1 Å². The molecule has 142 valence electrons. The van der Waals surface area contributed by atoms with E-state index in [2.05, 4.69) is 21.5 Å². The molecular weight excluding hydrogens is 361 g/mol. The fourth-order valence-electron chi connectivity index (χ4n) is 2.97. The van der Waals surface area contributed by atoms with Crippen molar-refractivity contribution in [1.82, 2.24) is 19.9 Å². The van der Waals surface area contributed by atoms with Crippen molar-refractivity contribution in [1.29, 1.82) is 0 Å². The molecule has 0 saturated carbocycles. The van der Waals surface area contributed by atoms with E-state index in [1.165, 1.54) is 6.08 Å². The normalized spacial score (nSPS) is 15.4. The van der Waals surface area contributed by atoms with Gasteiger partial charge < -0.3 is 9.64 Å². The molecule has 1 aliphatic heterocycles. The van der Waals surface area contributed by atoms with E-state index in [9.17, 15) is 18.0 Å². The second-order valence-corrected chi connectivity index (χ2v) is 6.04. The molecule has 1 fully saturated rings. The summed E-state index contributed by atoms with van der Waals surface area (Å²) in [4.78, 5) is 24.2. The standard InChI is InChI=1S/C18H17F3N4O2/c1-2-15(26)25-8-5-12(6-9-25)14-4-3-7-22-16(14)27-13-10-23-17(24-11-13)18(19,20)21/h2-4,7,10-12H,1,5-6,8-9H2. The lowest BCUT2D eigenvalue weighted by atomic mass is 9.90. The highest BCUT2D eigenvalue weighted by molar-refractivity contribution is 5.87. The summed E-state index contributed by atoms with van der Waals surface area (Å²) in [6.07, 6.45) is 1.63. The van der Waals surface area contributed by atoms with Crippen LogP contribution in [0.25, 0.3) is 0 Å². The van der Waals surface area contributed by atoms with E-state index >= 15 is 0 Å². The van der Waals surface area contributed by atoms with Gasteiger partial charge in [-0.25, -0.2) is 15.0 Å². The maximum absolute atomic E-state index is 12.6. The van der Waals surface area contributed by atoms with Crippen LogP contribution >= 0.6 is 0 Å².